The summed E-state index contributed by atoms with van der Waals surface area (Å²) in [6.07, 6.45) is 3.31. The van der Waals surface area contributed by atoms with Crippen molar-refractivity contribution in [2.24, 2.45) is 5.73 Å². The van der Waals surface area contributed by atoms with Crippen LogP contribution in [0.4, 0.5) is 4.39 Å². The molecule has 114 valence electrons. The molecular weight excluding hydrogens is 251 g/mol. The Labute approximate surface area is 123 Å². The van der Waals surface area contributed by atoms with E-state index in [4.69, 9.17) is 5.73 Å². The highest BCUT2D eigenvalue weighted by Gasteiger charge is 2.25. The first-order valence-electron chi connectivity index (χ1n) is 7.76. The number of hydrogen-bond acceptors (Lipinski definition) is 2. The van der Waals surface area contributed by atoms with Crippen LogP contribution in [0.3, 0.4) is 0 Å². The topological polar surface area (TPSA) is 29.3 Å². The molecule has 1 aromatic carbocycles. The van der Waals surface area contributed by atoms with Gasteiger partial charge in [0.15, 0.2) is 0 Å². The molecule has 0 radical (unpaired) electrons. The molecule has 0 spiro atoms. The number of halogens is 1. The van der Waals surface area contributed by atoms with Crippen molar-refractivity contribution in [2.75, 3.05) is 13.1 Å². The van der Waals surface area contributed by atoms with Crippen LogP contribution in [0.1, 0.15) is 57.2 Å². The summed E-state index contributed by atoms with van der Waals surface area (Å²) >= 11 is 0. The molecule has 0 fully saturated rings. The van der Waals surface area contributed by atoms with Crippen LogP contribution in [-0.4, -0.2) is 24.0 Å². The molecule has 0 aliphatic heterocycles. The molecule has 2 nitrogen and oxygen atoms in total. The zero-order chi connectivity index (χ0) is 15.1. The van der Waals surface area contributed by atoms with Gasteiger partial charge < -0.3 is 5.73 Å². The summed E-state index contributed by atoms with van der Waals surface area (Å²) in [5.74, 6) is -0.143. The normalized spacial score (nSPS) is 14.6. The van der Waals surface area contributed by atoms with Gasteiger partial charge in [-0.3, -0.25) is 4.90 Å². The minimum Gasteiger partial charge on any atom is -0.329 e. The molecule has 0 aromatic heterocycles. The summed E-state index contributed by atoms with van der Waals surface area (Å²) in [4.78, 5) is 2.36. The Kier molecular flexibility index (Phi) is 7.17. The Morgan fingerprint density at radius 3 is 2.55 bits per heavy atom. The van der Waals surface area contributed by atoms with Gasteiger partial charge in [0, 0.05) is 18.2 Å². The molecule has 0 saturated carbocycles. The number of aryl methyl sites for hydroxylation is 1. The highest BCUT2D eigenvalue weighted by atomic mass is 19.1. The van der Waals surface area contributed by atoms with E-state index in [1.165, 1.54) is 0 Å². The summed E-state index contributed by atoms with van der Waals surface area (Å²) in [6, 6.07) is 5.69. The maximum atomic E-state index is 14.2. The monoisotopic (exact) mass is 280 g/mol. The molecule has 20 heavy (non-hydrogen) atoms. The number of hydrogen-bond donors (Lipinski definition) is 1. The molecule has 0 amide bonds. The van der Waals surface area contributed by atoms with Gasteiger partial charge in [-0.2, -0.15) is 0 Å². The van der Waals surface area contributed by atoms with E-state index in [1.807, 2.05) is 19.1 Å². The van der Waals surface area contributed by atoms with Crippen molar-refractivity contribution in [3.8, 4) is 0 Å². The van der Waals surface area contributed by atoms with E-state index in [2.05, 4.69) is 25.7 Å². The van der Waals surface area contributed by atoms with Crippen LogP contribution in [0, 0.1) is 12.7 Å². The summed E-state index contributed by atoms with van der Waals surface area (Å²) in [5, 5.41) is 0. The average Bonchev–Trinajstić information content (AvgIpc) is 2.45. The smallest absolute Gasteiger partial charge is 0.128 e. The quantitative estimate of drug-likeness (QED) is 0.779. The van der Waals surface area contributed by atoms with E-state index < -0.39 is 0 Å². The van der Waals surface area contributed by atoms with Gasteiger partial charge in [-0.05, 0) is 39.3 Å². The van der Waals surface area contributed by atoms with Crippen LogP contribution in [0.25, 0.3) is 0 Å². The van der Waals surface area contributed by atoms with E-state index in [1.54, 1.807) is 6.07 Å². The lowest BCUT2D eigenvalue weighted by molar-refractivity contribution is 0.138. The van der Waals surface area contributed by atoms with Crippen LogP contribution >= 0.6 is 0 Å². The second-order valence-corrected chi connectivity index (χ2v) is 5.63. The zero-order valence-electron chi connectivity index (χ0n) is 13.3. The van der Waals surface area contributed by atoms with Crippen LogP contribution in [0.15, 0.2) is 18.2 Å². The Morgan fingerprint density at radius 2 is 2.00 bits per heavy atom. The van der Waals surface area contributed by atoms with Crippen molar-refractivity contribution in [1.29, 1.82) is 0 Å². The number of unbranched alkanes of at least 4 members (excludes halogenated alkanes) is 1. The lowest BCUT2D eigenvalue weighted by Gasteiger charge is -2.36. The van der Waals surface area contributed by atoms with Crippen molar-refractivity contribution >= 4 is 0 Å². The molecule has 2 N–H and O–H groups in total. The summed E-state index contributed by atoms with van der Waals surface area (Å²) in [6.45, 7) is 9.97. The summed E-state index contributed by atoms with van der Waals surface area (Å²) in [5.41, 5.74) is 7.80. The molecular formula is C17H29FN2. The zero-order valence-corrected chi connectivity index (χ0v) is 13.3. The fourth-order valence-corrected chi connectivity index (χ4v) is 2.62. The molecule has 0 saturated heterocycles. The van der Waals surface area contributed by atoms with E-state index in [0.29, 0.717) is 12.6 Å². The molecule has 1 aromatic rings. The third-order valence-electron chi connectivity index (χ3n) is 4.06. The summed E-state index contributed by atoms with van der Waals surface area (Å²) < 4.78 is 14.2. The highest BCUT2D eigenvalue weighted by molar-refractivity contribution is 5.27. The Bertz CT molecular complexity index is 406. The van der Waals surface area contributed by atoms with Gasteiger partial charge >= 0.3 is 0 Å². The van der Waals surface area contributed by atoms with Crippen molar-refractivity contribution in [2.45, 2.75) is 59.0 Å². The predicted octanol–water partition coefficient (Wildman–Crippen LogP) is 4.03. The second kappa shape index (κ2) is 8.38. The lowest BCUT2D eigenvalue weighted by Crippen LogP contribution is -2.40. The van der Waals surface area contributed by atoms with Crippen molar-refractivity contribution in [3.05, 3.63) is 35.1 Å². The van der Waals surface area contributed by atoms with Gasteiger partial charge in [-0.25, -0.2) is 4.39 Å². The molecule has 2 atom stereocenters. The number of nitrogens with two attached hydrogens (primary N) is 1. The number of benzene rings is 1. The molecule has 0 aliphatic rings. The largest absolute Gasteiger partial charge is 0.329 e. The number of nitrogens with zero attached hydrogens (tertiary/aromatic N) is 1. The van der Waals surface area contributed by atoms with Crippen LogP contribution in [-0.2, 0) is 0 Å². The molecule has 1 rings (SSSR count). The van der Waals surface area contributed by atoms with E-state index in [-0.39, 0.29) is 11.9 Å². The fraction of sp³-hybridized carbons (Fsp3) is 0.647. The van der Waals surface area contributed by atoms with Crippen molar-refractivity contribution in [1.82, 2.24) is 4.90 Å². The fourth-order valence-electron chi connectivity index (χ4n) is 2.62. The first kappa shape index (κ1) is 17.1. The molecule has 0 bridgehead atoms. The second-order valence-electron chi connectivity index (χ2n) is 5.63. The predicted molar refractivity (Wildman–Crippen MR) is 84.3 cm³/mol. The van der Waals surface area contributed by atoms with Crippen molar-refractivity contribution < 1.29 is 4.39 Å². The van der Waals surface area contributed by atoms with E-state index in [9.17, 15) is 4.39 Å². The maximum Gasteiger partial charge on any atom is 0.128 e. The molecule has 0 aliphatic carbocycles. The third-order valence-corrected chi connectivity index (χ3v) is 4.06. The first-order chi connectivity index (χ1) is 9.54. The van der Waals surface area contributed by atoms with Gasteiger partial charge in [-0.15, -0.1) is 0 Å². The number of rotatable bonds is 8. The Morgan fingerprint density at radius 1 is 1.30 bits per heavy atom. The average molecular weight is 280 g/mol. The van der Waals surface area contributed by atoms with Gasteiger partial charge in [-0.1, -0.05) is 38.0 Å². The SMILES string of the molecule is CCCCN(C(C)CC)C(CN)c1cc(C)ccc1F. The minimum atomic E-state index is -0.143. The van der Waals surface area contributed by atoms with Gasteiger partial charge in [0.2, 0.25) is 0 Å². The van der Waals surface area contributed by atoms with Gasteiger partial charge in [0.05, 0.1) is 6.04 Å². The highest BCUT2D eigenvalue weighted by Crippen LogP contribution is 2.26. The lowest BCUT2D eigenvalue weighted by atomic mass is 9.99. The third kappa shape index (κ3) is 4.29. The minimum absolute atomic E-state index is 0.0311. The molecule has 2 unspecified atom stereocenters. The summed E-state index contributed by atoms with van der Waals surface area (Å²) in [7, 11) is 0. The maximum absolute atomic E-state index is 14.2. The Hall–Kier alpha value is -0.930. The van der Waals surface area contributed by atoms with Gasteiger partial charge in [0.25, 0.3) is 0 Å². The van der Waals surface area contributed by atoms with Crippen LogP contribution in [0.2, 0.25) is 0 Å². The van der Waals surface area contributed by atoms with Crippen LogP contribution in [0.5, 0.6) is 0 Å². The first-order valence-corrected chi connectivity index (χ1v) is 7.76. The van der Waals surface area contributed by atoms with Crippen LogP contribution < -0.4 is 5.73 Å². The molecule has 0 heterocycles. The van der Waals surface area contributed by atoms with E-state index >= 15 is 0 Å². The molecule has 3 heteroatoms. The van der Waals surface area contributed by atoms with Gasteiger partial charge in [0.1, 0.15) is 5.82 Å². The van der Waals surface area contributed by atoms with Crippen molar-refractivity contribution in [3.63, 3.8) is 0 Å². The Balaban J connectivity index is 3.07. The van der Waals surface area contributed by atoms with E-state index in [0.717, 1.165) is 36.9 Å². The standard InChI is InChI=1S/C17H29FN2/c1-5-7-10-20(14(4)6-2)17(12-19)15-11-13(3)8-9-16(15)18/h8-9,11,14,17H,5-7,10,12,19H2,1-4H3.